The van der Waals surface area contributed by atoms with Gasteiger partial charge in [-0.25, -0.2) is 8.42 Å². The molecule has 0 aliphatic carbocycles. The first kappa shape index (κ1) is 19.0. The van der Waals surface area contributed by atoms with E-state index >= 15 is 0 Å². The Balaban J connectivity index is 2.03. The van der Waals surface area contributed by atoms with Gasteiger partial charge in [0, 0.05) is 12.7 Å². The second-order valence-corrected chi connectivity index (χ2v) is 7.62. The fourth-order valence-electron chi connectivity index (χ4n) is 2.18. The maximum absolute atomic E-state index is 12.5. The van der Waals surface area contributed by atoms with E-state index in [9.17, 15) is 13.2 Å². The molecule has 25 heavy (non-hydrogen) atoms. The molecule has 0 bridgehead atoms. The van der Waals surface area contributed by atoms with E-state index in [0.29, 0.717) is 18.0 Å². The highest BCUT2D eigenvalue weighted by Crippen LogP contribution is 2.19. The SMILES string of the molecule is CCOc1ccc(S(=O)(=O)N(C)CC(=O)Nc2ccc(C)cc2)cc1. The topological polar surface area (TPSA) is 75.7 Å². The lowest BCUT2D eigenvalue weighted by atomic mass is 10.2. The molecule has 0 aromatic heterocycles. The van der Waals surface area contributed by atoms with Gasteiger partial charge in [-0.05, 0) is 50.2 Å². The van der Waals surface area contributed by atoms with Gasteiger partial charge in [0.2, 0.25) is 15.9 Å². The van der Waals surface area contributed by atoms with Gasteiger partial charge in [0.1, 0.15) is 5.75 Å². The van der Waals surface area contributed by atoms with Crippen molar-refractivity contribution in [3.8, 4) is 5.75 Å². The van der Waals surface area contributed by atoms with Gasteiger partial charge in [0.25, 0.3) is 0 Å². The minimum atomic E-state index is -3.75. The van der Waals surface area contributed by atoms with Crippen LogP contribution in [-0.4, -0.2) is 38.8 Å². The van der Waals surface area contributed by atoms with Crippen molar-refractivity contribution >= 4 is 21.6 Å². The van der Waals surface area contributed by atoms with Crippen LogP contribution < -0.4 is 10.1 Å². The monoisotopic (exact) mass is 362 g/mol. The molecule has 2 aromatic carbocycles. The number of amides is 1. The highest BCUT2D eigenvalue weighted by molar-refractivity contribution is 7.89. The first-order valence-corrected chi connectivity index (χ1v) is 9.32. The number of nitrogens with one attached hydrogen (secondary N) is 1. The predicted octanol–water partition coefficient (Wildman–Crippen LogP) is 2.65. The van der Waals surface area contributed by atoms with Crippen molar-refractivity contribution in [3.05, 3.63) is 54.1 Å². The van der Waals surface area contributed by atoms with E-state index < -0.39 is 15.9 Å². The molecule has 6 nitrogen and oxygen atoms in total. The number of hydrogen-bond donors (Lipinski definition) is 1. The van der Waals surface area contributed by atoms with E-state index in [4.69, 9.17) is 4.74 Å². The number of carbonyl (C=O) groups is 1. The number of ether oxygens (including phenoxy) is 1. The standard InChI is InChI=1S/C18H22N2O4S/c1-4-24-16-9-11-17(12-10-16)25(22,23)20(3)13-18(21)19-15-7-5-14(2)6-8-15/h5-12H,4,13H2,1-3H3,(H,19,21). The van der Waals surface area contributed by atoms with E-state index in [-0.39, 0.29) is 11.4 Å². The normalized spacial score (nSPS) is 11.4. The molecule has 0 spiro atoms. The van der Waals surface area contributed by atoms with Crippen LogP contribution in [0.15, 0.2) is 53.4 Å². The summed E-state index contributed by atoms with van der Waals surface area (Å²) >= 11 is 0. The molecule has 7 heteroatoms. The number of anilines is 1. The highest BCUT2D eigenvalue weighted by Gasteiger charge is 2.23. The Labute approximate surface area is 148 Å². The quantitative estimate of drug-likeness (QED) is 0.822. The molecule has 0 radical (unpaired) electrons. The second kappa shape index (κ2) is 8.13. The minimum Gasteiger partial charge on any atom is -0.494 e. The molecule has 0 heterocycles. The maximum atomic E-state index is 12.5. The van der Waals surface area contributed by atoms with E-state index in [0.717, 1.165) is 9.87 Å². The van der Waals surface area contributed by atoms with Crippen LogP contribution in [0.5, 0.6) is 5.75 Å². The molecule has 1 N–H and O–H groups in total. The van der Waals surface area contributed by atoms with Crippen molar-refractivity contribution in [2.75, 3.05) is 25.5 Å². The van der Waals surface area contributed by atoms with Crippen LogP contribution in [0.3, 0.4) is 0 Å². The average Bonchev–Trinajstić information content (AvgIpc) is 2.57. The molecule has 0 aliphatic heterocycles. The molecule has 0 unspecified atom stereocenters. The number of hydrogen-bond acceptors (Lipinski definition) is 4. The van der Waals surface area contributed by atoms with Crippen molar-refractivity contribution in [3.63, 3.8) is 0 Å². The first-order chi connectivity index (χ1) is 11.8. The van der Waals surface area contributed by atoms with Crippen molar-refractivity contribution in [1.29, 1.82) is 0 Å². The van der Waals surface area contributed by atoms with Crippen molar-refractivity contribution < 1.29 is 17.9 Å². The fourth-order valence-corrected chi connectivity index (χ4v) is 3.31. The van der Waals surface area contributed by atoms with Crippen LogP contribution in [0.4, 0.5) is 5.69 Å². The zero-order valence-electron chi connectivity index (χ0n) is 14.5. The average molecular weight is 362 g/mol. The van der Waals surface area contributed by atoms with Gasteiger partial charge in [-0.1, -0.05) is 17.7 Å². The summed E-state index contributed by atoms with van der Waals surface area (Å²) in [5.41, 5.74) is 1.70. The summed E-state index contributed by atoms with van der Waals surface area (Å²) in [6.07, 6.45) is 0. The third-order valence-corrected chi connectivity index (χ3v) is 5.36. The number of benzene rings is 2. The van der Waals surface area contributed by atoms with Crippen LogP contribution in [0, 0.1) is 6.92 Å². The van der Waals surface area contributed by atoms with Gasteiger partial charge in [-0.3, -0.25) is 4.79 Å². The number of likely N-dealkylation sites (N-methyl/N-ethyl adjacent to an activating group) is 1. The predicted molar refractivity (Wildman–Crippen MR) is 97.2 cm³/mol. The third-order valence-electron chi connectivity index (χ3n) is 3.54. The molecule has 134 valence electrons. The molecule has 0 fully saturated rings. The summed E-state index contributed by atoms with van der Waals surface area (Å²) in [5, 5.41) is 2.68. The van der Waals surface area contributed by atoms with E-state index in [1.165, 1.54) is 19.2 Å². The Kier molecular flexibility index (Phi) is 6.17. The molecule has 0 atom stereocenters. The van der Waals surface area contributed by atoms with Crippen LogP contribution in [0.2, 0.25) is 0 Å². The number of aryl methyl sites for hydroxylation is 1. The summed E-state index contributed by atoms with van der Waals surface area (Å²) in [7, 11) is -2.37. The summed E-state index contributed by atoms with van der Waals surface area (Å²) in [4.78, 5) is 12.2. The lowest BCUT2D eigenvalue weighted by molar-refractivity contribution is -0.116. The lowest BCUT2D eigenvalue weighted by Crippen LogP contribution is -2.34. The third kappa shape index (κ3) is 5.04. The van der Waals surface area contributed by atoms with Crippen LogP contribution in [0.1, 0.15) is 12.5 Å². The van der Waals surface area contributed by atoms with Gasteiger partial charge < -0.3 is 10.1 Å². The van der Waals surface area contributed by atoms with Gasteiger partial charge >= 0.3 is 0 Å². The molecule has 0 aliphatic rings. The maximum Gasteiger partial charge on any atom is 0.243 e. The zero-order chi connectivity index (χ0) is 18.4. The Morgan fingerprint density at radius 2 is 1.68 bits per heavy atom. The number of nitrogens with zero attached hydrogens (tertiary/aromatic N) is 1. The van der Waals surface area contributed by atoms with Crippen LogP contribution in [-0.2, 0) is 14.8 Å². The Bertz CT molecular complexity index is 815. The summed E-state index contributed by atoms with van der Waals surface area (Å²) in [6.45, 7) is 4.03. The Morgan fingerprint density at radius 1 is 1.08 bits per heavy atom. The number of sulfonamides is 1. The molecular weight excluding hydrogens is 340 g/mol. The molecular formula is C18H22N2O4S. The van der Waals surface area contributed by atoms with Crippen molar-refractivity contribution in [2.45, 2.75) is 18.7 Å². The zero-order valence-corrected chi connectivity index (χ0v) is 15.3. The van der Waals surface area contributed by atoms with Crippen molar-refractivity contribution in [1.82, 2.24) is 4.31 Å². The number of rotatable bonds is 7. The Morgan fingerprint density at radius 3 is 2.24 bits per heavy atom. The fraction of sp³-hybridized carbons (Fsp3) is 0.278. The van der Waals surface area contributed by atoms with E-state index in [2.05, 4.69) is 5.32 Å². The highest BCUT2D eigenvalue weighted by atomic mass is 32.2. The number of carbonyl (C=O) groups excluding carboxylic acids is 1. The van der Waals surface area contributed by atoms with Gasteiger partial charge in [0.05, 0.1) is 18.0 Å². The van der Waals surface area contributed by atoms with Gasteiger partial charge in [-0.15, -0.1) is 0 Å². The van der Waals surface area contributed by atoms with E-state index in [1.54, 1.807) is 24.3 Å². The largest absolute Gasteiger partial charge is 0.494 e. The second-order valence-electron chi connectivity index (χ2n) is 5.58. The smallest absolute Gasteiger partial charge is 0.243 e. The summed E-state index contributed by atoms with van der Waals surface area (Å²) in [5.74, 6) is 0.196. The van der Waals surface area contributed by atoms with Crippen molar-refractivity contribution in [2.24, 2.45) is 0 Å². The molecule has 0 saturated carbocycles. The van der Waals surface area contributed by atoms with E-state index in [1.807, 2.05) is 26.0 Å². The van der Waals surface area contributed by atoms with Crippen LogP contribution in [0.25, 0.3) is 0 Å². The lowest BCUT2D eigenvalue weighted by Gasteiger charge is -2.17. The minimum absolute atomic E-state index is 0.113. The van der Waals surface area contributed by atoms with Gasteiger partial charge in [-0.2, -0.15) is 4.31 Å². The molecule has 1 amide bonds. The van der Waals surface area contributed by atoms with Gasteiger partial charge in [0.15, 0.2) is 0 Å². The first-order valence-electron chi connectivity index (χ1n) is 7.88. The molecule has 2 rings (SSSR count). The van der Waals surface area contributed by atoms with Crippen LogP contribution >= 0.6 is 0 Å². The molecule has 0 saturated heterocycles. The Hall–Kier alpha value is -2.38. The summed E-state index contributed by atoms with van der Waals surface area (Å²) < 4.78 is 31.4. The molecule has 2 aromatic rings. The summed E-state index contributed by atoms with van der Waals surface area (Å²) in [6, 6.07) is 13.4.